The number of hydrogen-bond acceptors (Lipinski definition) is 4. The molecule has 0 aliphatic carbocycles. The van der Waals surface area contributed by atoms with Gasteiger partial charge < -0.3 is 20.2 Å². The summed E-state index contributed by atoms with van der Waals surface area (Å²) in [5.41, 5.74) is 6.03. The predicted molar refractivity (Wildman–Crippen MR) is 83.0 cm³/mol. The Bertz CT molecular complexity index is 674. The molecule has 1 aromatic carbocycles. The summed E-state index contributed by atoms with van der Waals surface area (Å²) in [4.78, 5) is 11.9. The number of carbonyl (C=O) groups is 1. The molecule has 2 rings (SSSR count). The van der Waals surface area contributed by atoms with Crippen LogP contribution in [0.3, 0.4) is 0 Å². The van der Waals surface area contributed by atoms with Gasteiger partial charge in [-0.2, -0.15) is 0 Å². The molecular weight excluding hydrogens is 349 g/mol. The van der Waals surface area contributed by atoms with Gasteiger partial charge in [-0.3, -0.25) is 4.79 Å². The normalized spacial score (nSPS) is 10.8. The lowest BCUT2D eigenvalue weighted by Crippen LogP contribution is -2.25. The van der Waals surface area contributed by atoms with Gasteiger partial charge in [0.2, 0.25) is 0 Å². The highest BCUT2D eigenvalue weighted by Crippen LogP contribution is 2.26. The van der Waals surface area contributed by atoms with E-state index in [1.165, 1.54) is 30.5 Å². The average molecular weight is 365 g/mol. The highest BCUT2D eigenvalue weighted by molar-refractivity contribution is 5.93. The number of rotatable bonds is 6. The highest BCUT2D eigenvalue weighted by Gasteiger charge is 2.31. The highest BCUT2D eigenvalue weighted by atomic mass is 35.5. The molecule has 0 fully saturated rings. The molecule has 0 aliphatic rings. The summed E-state index contributed by atoms with van der Waals surface area (Å²) in [5, 5.41) is 2.60. The Hall–Kier alpha value is -2.19. The van der Waals surface area contributed by atoms with E-state index >= 15 is 0 Å². The second-order valence-electron chi connectivity index (χ2n) is 4.67. The van der Waals surface area contributed by atoms with Crippen LogP contribution in [0.4, 0.5) is 13.2 Å². The molecule has 24 heavy (non-hydrogen) atoms. The van der Waals surface area contributed by atoms with Gasteiger partial charge in [0.05, 0.1) is 12.1 Å². The summed E-state index contributed by atoms with van der Waals surface area (Å²) < 4.78 is 45.9. The number of benzene rings is 1. The molecule has 9 heteroatoms. The van der Waals surface area contributed by atoms with E-state index in [0.717, 1.165) is 0 Å². The number of hydrogen-bond donors (Lipinski definition) is 2. The van der Waals surface area contributed by atoms with Crippen molar-refractivity contribution in [1.29, 1.82) is 0 Å². The Kier molecular flexibility index (Phi) is 7.12. The van der Waals surface area contributed by atoms with Crippen molar-refractivity contribution in [3.05, 3.63) is 53.5 Å². The number of halogens is 4. The maximum Gasteiger partial charge on any atom is 0.573 e. The standard InChI is InChI=1S/C15H15F3N2O3.ClH/c16-15(17,18)23-13-4-2-1-3-10(13)5-6-20-14(21)11-7-12(8-19)22-9-11;/h1-4,7,9H,5-6,8,19H2,(H,20,21);1H. The van der Waals surface area contributed by atoms with Crippen LogP contribution < -0.4 is 15.8 Å². The second-order valence-corrected chi connectivity index (χ2v) is 4.67. The SMILES string of the molecule is Cl.NCc1cc(C(=O)NCCc2ccccc2OC(F)(F)F)co1. The summed E-state index contributed by atoms with van der Waals surface area (Å²) in [6.07, 6.45) is -3.29. The summed E-state index contributed by atoms with van der Waals surface area (Å²) in [5.74, 6) is -0.190. The van der Waals surface area contributed by atoms with Crippen molar-refractivity contribution in [2.75, 3.05) is 6.54 Å². The number of ether oxygens (including phenoxy) is 1. The maximum absolute atomic E-state index is 12.3. The summed E-state index contributed by atoms with van der Waals surface area (Å²) in [7, 11) is 0. The van der Waals surface area contributed by atoms with E-state index in [1.54, 1.807) is 6.07 Å². The van der Waals surface area contributed by atoms with Gasteiger partial charge in [-0.05, 0) is 24.1 Å². The second kappa shape index (κ2) is 8.60. The molecule has 1 heterocycles. The van der Waals surface area contributed by atoms with Crippen LogP contribution in [0.25, 0.3) is 0 Å². The van der Waals surface area contributed by atoms with Gasteiger partial charge >= 0.3 is 6.36 Å². The van der Waals surface area contributed by atoms with Crippen molar-refractivity contribution in [3.8, 4) is 5.75 Å². The molecular formula is C15H16ClF3N2O3. The van der Waals surface area contributed by atoms with Gasteiger partial charge in [0, 0.05) is 6.54 Å². The zero-order chi connectivity index (χ0) is 16.9. The van der Waals surface area contributed by atoms with Gasteiger partial charge in [-0.1, -0.05) is 18.2 Å². The lowest BCUT2D eigenvalue weighted by Gasteiger charge is -2.13. The third kappa shape index (κ3) is 5.78. The van der Waals surface area contributed by atoms with Gasteiger partial charge in [-0.15, -0.1) is 25.6 Å². The topological polar surface area (TPSA) is 77.5 Å². The number of nitrogens with two attached hydrogens (primary N) is 1. The van der Waals surface area contributed by atoms with Gasteiger partial charge in [-0.25, -0.2) is 0 Å². The number of furan rings is 1. The molecule has 0 saturated carbocycles. The minimum Gasteiger partial charge on any atom is -0.467 e. The van der Waals surface area contributed by atoms with Crippen molar-refractivity contribution >= 4 is 18.3 Å². The first kappa shape index (κ1) is 19.9. The van der Waals surface area contributed by atoms with Crippen molar-refractivity contribution in [1.82, 2.24) is 5.32 Å². The summed E-state index contributed by atoms with van der Waals surface area (Å²) in [6.45, 7) is 0.329. The Morgan fingerprint density at radius 3 is 2.62 bits per heavy atom. The Morgan fingerprint density at radius 1 is 1.29 bits per heavy atom. The van der Waals surface area contributed by atoms with Crippen molar-refractivity contribution < 1.29 is 27.1 Å². The van der Waals surface area contributed by atoms with Crippen LogP contribution in [-0.4, -0.2) is 18.8 Å². The molecule has 132 valence electrons. The monoisotopic (exact) mass is 364 g/mol. The van der Waals surface area contributed by atoms with Gasteiger partial charge in [0.25, 0.3) is 5.91 Å². The van der Waals surface area contributed by atoms with Crippen LogP contribution in [0.1, 0.15) is 21.7 Å². The van der Waals surface area contributed by atoms with E-state index in [2.05, 4.69) is 10.1 Å². The van der Waals surface area contributed by atoms with Crippen LogP contribution in [0, 0.1) is 0 Å². The van der Waals surface area contributed by atoms with Crippen molar-refractivity contribution in [2.24, 2.45) is 5.73 Å². The number of para-hydroxylation sites is 1. The van der Waals surface area contributed by atoms with Gasteiger partial charge in [0.15, 0.2) is 0 Å². The molecule has 0 atom stereocenters. The zero-order valence-corrected chi connectivity index (χ0v) is 13.2. The molecule has 0 bridgehead atoms. The van der Waals surface area contributed by atoms with E-state index in [1.807, 2.05) is 0 Å². The van der Waals surface area contributed by atoms with E-state index in [-0.39, 0.29) is 43.6 Å². The Labute approximate surface area is 142 Å². The molecule has 0 aliphatic heterocycles. The Balaban J connectivity index is 0.00000288. The molecule has 3 N–H and O–H groups in total. The average Bonchev–Trinajstić information content (AvgIpc) is 2.96. The number of alkyl halides is 3. The summed E-state index contributed by atoms with van der Waals surface area (Å²) >= 11 is 0. The summed E-state index contributed by atoms with van der Waals surface area (Å²) in [6, 6.07) is 7.30. The molecule has 5 nitrogen and oxygen atoms in total. The lowest BCUT2D eigenvalue weighted by molar-refractivity contribution is -0.274. The van der Waals surface area contributed by atoms with Crippen LogP contribution in [0.15, 0.2) is 41.0 Å². The number of nitrogens with one attached hydrogen (secondary N) is 1. The fourth-order valence-electron chi connectivity index (χ4n) is 1.95. The molecule has 2 aromatic rings. The minimum atomic E-state index is -4.76. The van der Waals surface area contributed by atoms with E-state index in [0.29, 0.717) is 16.9 Å². The smallest absolute Gasteiger partial charge is 0.467 e. The van der Waals surface area contributed by atoms with E-state index in [9.17, 15) is 18.0 Å². The van der Waals surface area contributed by atoms with Crippen LogP contribution in [-0.2, 0) is 13.0 Å². The molecule has 1 aromatic heterocycles. The van der Waals surface area contributed by atoms with Crippen LogP contribution in [0.2, 0.25) is 0 Å². The fraction of sp³-hybridized carbons (Fsp3) is 0.267. The third-order valence-corrected chi connectivity index (χ3v) is 3.00. The van der Waals surface area contributed by atoms with E-state index in [4.69, 9.17) is 10.2 Å². The molecule has 0 saturated heterocycles. The maximum atomic E-state index is 12.3. The first-order chi connectivity index (χ1) is 10.9. The fourth-order valence-corrected chi connectivity index (χ4v) is 1.95. The molecule has 0 spiro atoms. The van der Waals surface area contributed by atoms with Crippen LogP contribution in [0.5, 0.6) is 5.75 Å². The first-order valence-electron chi connectivity index (χ1n) is 6.78. The Morgan fingerprint density at radius 2 is 2.00 bits per heavy atom. The number of amides is 1. The molecule has 0 unspecified atom stereocenters. The zero-order valence-electron chi connectivity index (χ0n) is 12.4. The lowest BCUT2D eigenvalue weighted by atomic mass is 10.1. The largest absolute Gasteiger partial charge is 0.573 e. The van der Waals surface area contributed by atoms with Crippen molar-refractivity contribution in [2.45, 2.75) is 19.3 Å². The minimum absolute atomic E-state index is 0. The number of carbonyl (C=O) groups excluding carboxylic acids is 1. The van der Waals surface area contributed by atoms with Crippen molar-refractivity contribution in [3.63, 3.8) is 0 Å². The molecule has 1 amide bonds. The van der Waals surface area contributed by atoms with Crippen LogP contribution >= 0.6 is 12.4 Å². The predicted octanol–water partition coefficient (Wildman–Crippen LogP) is 3.03. The first-order valence-corrected chi connectivity index (χ1v) is 6.78. The third-order valence-electron chi connectivity index (χ3n) is 3.00. The van der Waals surface area contributed by atoms with Gasteiger partial charge in [0.1, 0.15) is 17.8 Å². The van der Waals surface area contributed by atoms with E-state index < -0.39 is 6.36 Å². The molecule has 0 radical (unpaired) electrons. The quantitative estimate of drug-likeness (QED) is 0.826.